The number of benzene rings is 2. The molecule has 0 aliphatic carbocycles. The first-order valence-corrected chi connectivity index (χ1v) is 9.70. The summed E-state index contributed by atoms with van der Waals surface area (Å²) in [5.41, 5.74) is 0. The van der Waals surface area contributed by atoms with Gasteiger partial charge in [0, 0.05) is 23.0 Å². The summed E-state index contributed by atoms with van der Waals surface area (Å²) in [6, 6.07) is 12.7. The van der Waals surface area contributed by atoms with Crippen molar-refractivity contribution < 1.29 is 9.05 Å². The molecular formula is C13H10BrCl2O2PS. The molecule has 2 rings (SSSR count). The zero-order chi connectivity index (χ0) is 14.8. The maximum atomic E-state index is 6.15. The Labute approximate surface area is 141 Å². The van der Waals surface area contributed by atoms with Gasteiger partial charge in [-0.1, -0.05) is 41.4 Å². The van der Waals surface area contributed by atoms with E-state index in [1.807, 2.05) is 30.3 Å². The second-order valence-electron chi connectivity index (χ2n) is 3.80. The van der Waals surface area contributed by atoms with Crippen molar-refractivity contribution in [3.63, 3.8) is 0 Å². The smallest absolute Gasteiger partial charge is 0.268 e. The van der Waals surface area contributed by atoms with Gasteiger partial charge in [0.2, 0.25) is 0 Å². The van der Waals surface area contributed by atoms with E-state index in [-0.39, 0.29) is 0 Å². The van der Waals surface area contributed by atoms with Crippen LogP contribution in [0.1, 0.15) is 0 Å². The summed E-state index contributed by atoms with van der Waals surface area (Å²) in [7, 11) is 1.53. The summed E-state index contributed by atoms with van der Waals surface area (Å²) in [6.07, 6.45) is 0. The molecule has 1 atom stereocenters. The van der Waals surface area contributed by atoms with E-state index in [2.05, 4.69) is 15.9 Å². The third-order valence-corrected chi connectivity index (χ3v) is 7.15. The van der Waals surface area contributed by atoms with Crippen LogP contribution in [-0.2, 0) is 16.3 Å². The summed E-state index contributed by atoms with van der Waals surface area (Å²) in [5, 5.41) is 1.73. The molecule has 0 aromatic heterocycles. The van der Waals surface area contributed by atoms with Gasteiger partial charge < -0.3 is 9.05 Å². The molecule has 0 saturated heterocycles. The normalized spacial score (nSPS) is 13.8. The molecule has 0 fully saturated rings. The first-order chi connectivity index (χ1) is 9.46. The highest BCUT2D eigenvalue weighted by Gasteiger charge is 2.23. The summed E-state index contributed by atoms with van der Waals surface area (Å²) in [5.74, 6) is 0.411. The lowest BCUT2D eigenvalue weighted by atomic mass is 10.3. The molecule has 106 valence electrons. The van der Waals surface area contributed by atoms with Crippen molar-refractivity contribution in [1.82, 2.24) is 0 Å². The largest absolute Gasteiger partial charge is 0.439 e. The lowest BCUT2D eigenvalue weighted by molar-refractivity contribution is 0.402. The molecule has 20 heavy (non-hydrogen) atoms. The van der Waals surface area contributed by atoms with Gasteiger partial charge in [0.15, 0.2) is 0 Å². The Kier molecular flexibility index (Phi) is 5.52. The van der Waals surface area contributed by atoms with Gasteiger partial charge in [-0.05, 0) is 45.9 Å². The first-order valence-electron chi connectivity index (χ1n) is 5.52. The van der Waals surface area contributed by atoms with Crippen LogP contribution in [0.2, 0.25) is 10.0 Å². The summed E-state index contributed by atoms with van der Waals surface area (Å²) in [6.45, 7) is -2.66. The summed E-state index contributed by atoms with van der Waals surface area (Å²) < 4.78 is 12.0. The molecule has 2 aromatic rings. The van der Waals surface area contributed by atoms with E-state index in [0.29, 0.717) is 20.3 Å². The standard InChI is InChI=1S/C13H10BrCl2O2PS/c1-17-19(20,9-5-3-2-4-6-9)18-13-8-11(15)10(14)7-12(13)16/h2-8H,1H3. The lowest BCUT2D eigenvalue weighted by Crippen LogP contribution is -2.10. The third kappa shape index (κ3) is 3.56. The molecule has 0 radical (unpaired) electrons. The maximum absolute atomic E-state index is 6.15. The molecular weight excluding hydrogens is 402 g/mol. The Hall–Kier alpha value is -0.0900. The zero-order valence-corrected chi connectivity index (χ0v) is 15.2. The number of halogens is 3. The Morgan fingerprint density at radius 3 is 2.35 bits per heavy atom. The number of rotatable bonds is 4. The molecule has 0 aliphatic heterocycles. The highest BCUT2D eigenvalue weighted by atomic mass is 79.9. The third-order valence-electron chi connectivity index (χ3n) is 2.51. The average Bonchev–Trinajstić information content (AvgIpc) is 2.45. The topological polar surface area (TPSA) is 18.5 Å². The van der Waals surface area contributed by atoms with Crippen LogP contribution in [0.3, 0.4) is 0 Å². The van der Waals surface area contributed by atoms with E-state index in [9.17, 15) is 0 Å². The fourth-order valence-electron chi connectivity index (χ4n) is 1.51. The minimum Gasteiger partial charge on any atom is -0.439 e. The fourth-order valence-corrected chi connectivity index (χ4v) is 4.34. The Bertz CT molecular complexity index is 667. The van der Waals surface area contributed by atoms with E-state index < -0.39 is 6.49 Å². The van der Waals surface area contributed by atoms with Gasteiger partial charge in [0.05, 0.1) is 10.0 Å². The average molecular weight is 412 g/mol. The predicted molar refractivity (Wildman–Crippen MR) is 92.2 cm³/mol. The van der Waals surface area contributed by atoms with Crippen molar-refractivity contribution in [3.05, 3.63) is 57.0 Å². The molecule has 0 N–H and O–H groups in total. The molecule has 2 aromatic carbocycles. The molecule has 0 saturated carbocycles. The molecule has 0 aliphatic rings. The molecule has 0 heterocycles. The van der Waals surface area contributed by atoms with Gasteiger partial charge >= 0.3 is 0 Å². The minimum absolute atomic E-state index is 0.411. The fraction of sp³-hybridized carbons (Fsp3) is 0.0769. The van der Waals surface area contributed by atoms with Gasteiger partial charge in [-0.25, -0.2) is 0 Å². The molecule has 1 unspecified atom stereocenters. The predicted octanol–water partition coefficient (Wildman–Crippen LogP) is 5.42. The van der Waals surface area contributed by atoms with Gasteiger partial charge in [0.25, 0.3) is 6.49 Å². The van der Waals surface area contributed by atoms with Gasteiger partial charge in [-0.2, -0.15) is 0 Å². The van der Waals surface area contributed by atoms with Crippen LogP contribution >= 0.6 is 45.6 Å². The molecule has 0 amide bonds. The van der Waals surface area contributed by atoms with Gasteiger partial charge in [-0.3, -0.25) is 0 Å². The second kappa shape index (κ2) is 6.78. The Balaban J connectivity index is 2.41. The zero-order valence-electron chi connectivity index (χ0n) is 10.3. The van der Waals surface area contributed by atoms with E-state index >= 15 is 0 Å². The lowest BCUT2D eigenvalue weighted by Gasteiger charge is -2.22. The van der Waals surface area contributed by atoms with E-state index in [1.165, 1.54) is 7.11 Å². The van der Waals surface area contributed by atoms with Crippen molar-refractivity contribution in [2.24, 2.45) is 0 Å². The van der Waals surface area contributed by atoms with E-state index in [1.54, 1.807) is 12.1 Å². The highest BCUT2D eigenvalue weighted by molar-refractivity contribution is 9.10. The SMILES string of the molecule is COP(=S)(Oc1cc(Cl)c(Br)cc1Cl)c1ccccc1. The van der Waals surface area contributed by atoms with Crippen molar-refractivity contribution in [2.45, 2.75) is 0 Å². The van der Waals surface area contributed by atoms with Crippen LogP contribution in [0, 0.1) is 0 Å². The molecule has 2 nitrogen and oxygen atoms in total. The summed E-state index contributed by atoms with van der Waals surface area (Å²) >= 11 is 21.1. The van der Waals surface area contributed by atoms with Crippen molar-refractivity contribution >= 4 is 62.7 Å². The van der Waals surface area contributed by atoms with Crippen LogP contribution < -0.4 is 9.83 Å². The maximum Gasteiger partial charge on any atom is 0.268 e. The summed E-state index contributed by atoms with van der Waals surface area (Å²) in [4.78, 5) is 0. The first kappa shape index (κ1) is 16.3. The van der Waals surface area contributed by atoms with Crippen LogP contribution in [-0.4, -0.2) is 7.11 Å². The van der Waals surface area contributed by atoms with Gasteiger partial charge in [-0.15, -0.1) is 0 Å². The monoisotopic (exact) mass is 410 g/mol. The second-order valence-corrected chi connectivity index (χ2v) is 8.97. The number of hydrogen-bond acceptors (Lipinski definition) is 3. The van der Waals surface area contributed by atoms with E-state index in [0.717, 1.165) is 5.30 Å². The van der Waals surface area contributed by atoms with Crippen LogP contribution in [0.4, 0.5) is 0 Å². The van der Waals surface area contributed by atoms with Crippen molar-refractivity contribution in [3.8, 4) is 5.75 Å². The molecule has 0 spiro atoms. The van der Waals surface area contributed by atoms with Crippen LogP contribution in [0.25, 0.3) is 0 Å². The minimum atomic E-state index is -2.66. The highest BCUT2D eigenvalue weighted by Crippen LogP contribution is 2.49. The van der Waals surface area contributed by atoms with Crippen molar-refractivity contribution in [1.29, 1.82) is 0 Å². The van der Waals surface area contributed by atoms with Crippen LogP contribution in [0.5, 0.6) is 5.75 Å². The van der Waals surface area contributed by atoms with Crippen LogP contribution in [0.15, 0.2) is 46.9 Å². The molecule has 0 bridgehead atoms. The van der Waals surface area contributed by atoms with Crippen molar-refractivity contribution in [2.75, 3.05) is 7.11 Å². The van der Waals surface area contributed by atoms with E-state index in [4.69, 9.17) is 44.1 Å². The van der Waals surface area contributed by atoms with Gasteiger partial charge in [0.1, 0.15) is 5.75 Å². The Morgan fingerprint density at radius 1 is 1.10 bits per heavy atom. The molecule has 7 heteroatoms. The number of hydrogen-bond donors (Lipinski definition) is 0. The quantitative estimate of drug-likeness (QED) is 0.494. The Morgan fingerprint density at radius 2 is 1.75 bits per heavy atom.